The molecule has 0 aliphatic carbocycles. The van der Waals surface area contributed by atoms with Gasteiger partial charge in [0, 0.05) is 23.2 Å². The second-order valence-corrected chi connectivity index (χ2v) is 8.61. The van der Waals surface area contributed by atoms with Crippen LogP contribution in [0.4, 0.5) is 0 Å². The van der Waals surface area contributed by atoms with E-state index in [1.807, 2.05) is 17.6 Å². The van der Waals surface area contributed by atoms with Crippen LogP contribution in [0.15, 0.2) is 54.6 Å². The van der Waals surface area contributed by atoms with Crippen molar-refractivity contribution in [3.8, 4) is 17.4 Å². The fraction of sp³-hybridized carbons (Fsp3) is 0.222. The van der Waals surface area contributed by atoms with Gasteiger partial charge in [-0.2, -0.15) is 4.98 Å². The average molecular weight is 509 g/mol. The van der Waals surface area contributed by atoms with E-state index in [1.165, 1.54) is 14.0 Å². The summed E-state index contributed by atoms with van der Waals surface area (Å²) in [5, 5.41) is 10.1. The minimum atomic E-state index is -1.05. The highest BCUT2D eigenvalue weighted by molar-refractivity contribution is 6.33. The smallest absolute Gasteiger partial charge is 0.344 e. The molecule has 0 unspecified atom stereocenters. The quantitative estimate of drug-likeness (QED) is 0.312. The first-order valence-corrected chi connectivity index (χ1v) is 11.5. The largest absolute Gasteiger partial charge is 0.497 e. The molecule has 9 heteroatoms. The standard InChI is InChI=1S/C27H25ClN2O6/c1-15-23(24(31)18-8-10-19(34-3)11-9-18)21-13-22(28)26(35-4)29-25(21)30(15)14-17-6-5-7-20(12-17)36-16(2)27(32)33/h5-13,16H,14H2,1-4H3,(H,32,33)/t16-/m0/s1. The van der Waals surface area contributed by atoms with Gasteiger partial charge in [-0.05, 0) is 61.9 Å². The van der Waals surface area contributed by atoms with E-state index in [1.54, 1.807) is 55.6 Å². The van der Waals surface area contributed by atoms with Gasteiger partial charge in [0.15, 0.2) is 11.9 Å². The van der Waals surface area contributed by atoms with E-state index in [4.69, 9.17) is 30.9 Å². The normalized spacial score (nSPS) is 11.8. The Morgan fingerprint density at radius 3 is 2.42 bits per heavy atom. The van der Waals surface area contributed by atoms with Crippen LogP contribution in [-0.4, -0.2) is 46.7 Å². The molecule has 0 saturated carbocycles. The Balaban J connectivity index is 1.81. The molecule has 2 aromatic heterocycles. The second-order valence-electron chi connectivity index (χ2n) is 8.20. The average Bonchev–Trinajstić information content (AvgIpc) is 3.13. The molecular weight excluding hydrogens is 484 g/mol. The first-order valence-electron chi connectivity index (χ1n) is 11.1. The summed E-state index contributed by atoms with van der Waals surface area (Å²) in [7, 11) is 3.05. The lowest BCUT2D eigenvalue weighted by Gasteiger charge is -2.13. The molecule has 4 rings (SSSR count). The van der Waals surface area contributed by atoms with E-state index in [0.29, 0.717) is 50.9 Å². The van der Waals surface area contributed by atoms with E-state index in [2.05, 4.69) is 4.98 Å². The highest BCUT2D eigenvalue weighted by Gasteiger charge is 2.24. The van der Waals surface area contributed by atoms with Crippen LogP contribution in [0.3, 0.4) is 0 Å². The zero-order chi connectivity index (χ0) is 26.0. The fourth-order valence-corrected chi connectivity index (χ4v) is 4.23. The summed E-state index contributed by atoms with van der Waals surface area (Å²) in [5.41, 5.74) is 3.06. The van der Waals surface area contributed by atoms with Gasteiger partial charge in [0.05, 0.1) is 19.8 Å². The fourth-order valence-electron chi connectivity index (χ4n) is 4.01. The minimum absolute atomic E-state index is 0.172. The van der Waals surface area contributed by atoms with Crippen LogP contribution >= 0.6 is 11.6 Å². The van der Waals surface area contributed by atoms with Crippen molar-refractivity contribution in [2.75, 3.05) is 14.2 Å². The molecule has 4 aromatic rings. The first-order chi connectivity index (χ1) is 17.2. The van der Waals surface area contributed by atoms with E-state index in [9.17, 15) is 9.59 Å². The van der Waals surface area contributed by atoms with Gasteiger partial charge < -0.3 is 23.9 Å². The summed E-state index contributed by atoms with van der Waals surface area (Å²) in [6.45, 7) is 3.68. The molecule has 0 aliphatic heterocycles. The summed E-state index contributed by atoms with van der Waals surface area (Å²) in [4.78, 5) is 29.4. The molecule has 2 aromatic carbocycles. The molecule has 0 bridgehead atoms. The zero-order valence-corrected chi connectivity index (χ0v) is 21.0. The number of aromatic nitrogens is 2. The van der Waals surface area contributed by atoms with Crippen LogP contribution in [0.5, 0.6) is 17.4 Å². The summed E-state index contributed by atoms with van der Waals surface area (Å²) in [6, 6.07) is 15.7. The summed E-state index contributed by atoms with van der Waals surface area (Å²) in [6.07, 6.45) is -0.990. The molecule has 0 amide bonds. The number of halogens is 1. The number of benzene rings is 2. The van der Waals surface area contributed by atoms with Gasteiger partial charge in [-0.15, -0.1) is 0 Å². The molecule has 0 aliphatic rings. The lowest BCUT2D eigenvalue weighted by molar-refractivity contribution is -0.144. The third kappa shape index (κ3) is 4.85. The van der Waals surface area contributed by atoms with Gasteiger partial charge in [-0.3, -0.25) is 4.79 Å². The van der Waals surface area contributed by atoms with Crippen molar-refractivity contribution in [2.24, 2.45) is 0 Å². The number of rotatable bonds is 9. The van der Waals surface area contributed by atoms with Gasteiger partial charge in [-0.1, -0.05) is 23.7 Å². The molecule has 186 valence electrons. The number of methoxy groups -OCH3 is 2. The third-order valence-corrected chi connectivity index (χ3v) is 6.16. The van der Waals surface area contributed by atoms with E-state index < -0.39 is 12.1 Å². The SMILES string of the molecule is COc1ccc(C(=O)c2c(C)n(Cc3cccc(O[C@@H](C)C(=O)O)c3)c3nc(OC)c(Cl)cc23)cc1. The predicted molar refractivity (Wildman–Crippen MR) is 136 cm³/mol. The van der Waals surface area contributed by atoms with Gasteiger partial charge in [0.25, 0.3) is 0 Å². The molecule has 2 heterocycles. The molecule has 0 radical (unpaired) electrons. The Hall–Kier alpha value is -4.04. The number of fused-ring (bicyclic) bond motifs is 1. The summed E-state index contributed by atoms with van der Waals surface area (Å²) >= 11 is 6.39. The number of nitrogens with zero attached hydrogens (tertiary/aromatic N) is 2. The lowest BCUT2D eigenvalue weighted by atomic mass is 10.0. The summed E-state index contributed by atoms with van der Waals surface area (Å²) in [5.74, 6) is 0.106. The number of carbonyl (C=O) groups is 2. The number of ketones is 1. The third-order valence-electron chi connectivity index (χ3n) is 5.89. The minimum Gasteiger partial charge on any atom is -0.497 e. The van der Waals surface area contributed by atoms with Crippen molar-refractivity contribution in [3.63, 3.8) is 0 Å². The molecule has 0 spiro atoms. The topological polar surface area (TPSA) is 99.9 Å². The monoisotopic (exact) mass is 508 g/mol. The second kappa shape index (κ2) is 10.3. The van der Waals surface area contributed by atoms with Crippen LogP contribution in [0.2, 0.25) is 5.02 Å². The number of ether oxygens (including phenoxy) is 3. The maximum atomic E-state index is 13.6. The predicted octanol–water partition coefficient (Wildman–Crippen LogP) is 5.15. The van der Waals surface area contributed by atoms with Crippen molar-refractivity contribution in [1.82, 2.24) is 9.55 Å². The Kier molecular flexibility index (Phi) is 7.17. The molecule has 36 heavy (non-hydrogen) atoms. The highest BCUT2D eigenvalue weighted by atomic mass is 35.5. The number of aliphatic carboxylic acids is 1. The van der Waals surface area contributed by atoms with Crippen molar-refractivity contribution in [1.29, 1.82) is 0 Å². The first kappa shape index (κ1) is 25.1. The maximum Gasteiger partial charge on any atom is 0.344 e. The Morgan fingerprint density at radius 1 is 1.06 bits per heavy atom. The zero-order valence-electron chi connectivity index (χ0n) is 20.2. The van der Waals surface area contributed by atoms with Gasteiger partial charge in [-0.25, -0.2) is 4.79 Å². The highest BCUT2D eigenvalue weighted by Crippen LogP contribution is 2.34. The molecule has 8 nitrogen and oxygen atoms in total. The van der Waals surface area contributed by atoms with Crippen molar-refractivity contribution >= 4 is 34.4 Å². The van der Waals surface area contributed by atoms with E-state index >= 15 is 0 Å². The van der Waals surface area contributed by atoms with Gasteiger partial charge in [0.2, 0.25) is 5.88 Å². The molecule has 0 fully saturated rings. The number of pyridine rings is 1. The van der Waals surface area contributed by atoms with Gasteiger partial charge >= 0.3 is 5.97 Å². The van der Waals surface area contributed by atoms with Crippen molar-refractivity contribution < 1.29 is 28.9 Å². The molecular formula is C27H25ClN2O6. The van der Waals surface area contributed by atoms with Crippen LogP contribution in [0.25, 0.3) is 11.0 Å². The molecule has 0 saturated heterocycles. The lowest BCUT2D eigenvalue weighted by Crippen LogP contribution is -2.22. The number of carbonyl (C=O) groups excluding carboxylic acids is 1. The summed E-state index contributed by atoms with van der Waals surface area (Å²) < 4.78 is 18.0. The van der Waals surface area contributed by atoms with Gasteiger partial charge in [0.1, 0.15) is 22.2 Å². The Morgan fingerprint density at radius 2 is 1.78 bits per heavy atom. The molecule has 1 atom stereocenters. The number of carboxylic acids is 1. The van der Waals surface area contributed by atoms with Crippen molar-refractivity contribution in [3.05, 3.63) is 82.0 Å². The number of carboxylic acid groups (broad SMARTS) is 1. The molecule has 1 N–H and O–H groups in total. The van der Waals surface area contributed by atoms with Crippen LogP contribution in [-0.2, 0) is 11.3 Å². The van der Waals surface area contributed by atoms with Crippen LogP contribution in [0.1, 0.15) is 34.1 Å². The van der Waals surface area contributed by atoms with E-state index in [0.717, 1.165) is 5.56 Å². The Bertz CT molecular complexity index is 1450. The van der Waals surface area contributed by atoms with Crippen molar-refractivity contribution in [2.45, 2.75) is 26.5 Å². The van der Waals surface area contributed by atoms with Crippen LogP contribution < -0.4 is 14.2 Å². The number of hydrogen-bond donors (Lipinski definition) is 1. The number of hydrogen-bond acceptors (Lipinski definition) is 6. The van der Waals surface area contributed by atoms with E-state index in [-0.39, 0.29) is 11.7 Å². The maximum absolute atomic E-state index is 13.6. The van der Waals surface area contributed by atoms with Crippen LogP contribution in [0, 0.1) is 6.92 Å². The Labute approximate surface area is 213 Å².